The summed E-state index contributed by atoms with van der Waals surface area (Å²) in [6.45, 7) is 5.79. The second kappa shape index (κ2) is 12.0. The molecule has 0 aliphatic heterocycles. The Morgan fingerprint density at radius 1 is 1.06 bits per heavy atom. The number of rotatable bonds is 10. The fourth-order valence-electron chi connectivity index (χ4n) is 2.76. The number of nitrogens with zero attached hydrogens (tertiary/aromatic N) is 1. The van der Waals surface area contributed by atoms with E-state index in [9.17, 15) is 14.9 Å². The molecular weight excluding hydrogens is 396 g/mol. The Bertz CT molecular complexity index is 964. The molecule has 1 atom stereocenters. The van der Waals surface area contributed by atoms with Gasteiger partial charge in [-0.25, -0.2) is 4.79 Å². The number of hydrogen-bond acceptors (Lipinski definition) is 6. The van der Waals surface area contributed by atoms with Crippen molar-refractivity contribution in [2.75, 3.05) is 19.8 Å². The summed E-state index contributed by atoms with van der Waals surface area (Å²) in [5.74, 6) is -0.187. The lowest BCUT2D eigenvalue weighted by atomic mass is 10.1. The zero-order valence-electron chi connectivity index (χ0n) is 17.9. The van der Waals surface area contributed by atoms with Crippen LogP contribution in [0.25, 0.3) is 6.08 Å². The van der Waals surface area contributed by atoms with Gasteiger partial charge in [0.25, 0.3) is 5.91 Å². The highest BCUT2D eigenvalue weighted by Crippen LogP contribution is 2.29. The van der Waals surface area contributed by atoms with Crippen LogP contribution in [0.15, 0.2) is 54.1 Å². The van der Waals surface area contributed by atoms with E-state index in [1.165, 1.54) is 6.08 Å². The van der Waals surface area contributed by atoms with Gasteiger partial charge in [-0.15, -0.1) is 0 Å². The molecule has 0 aliphatic carbocycles. The lowest BCUT2D eigenvalue weighted by Crippen LogP contribution is -2.27. The number of carbonyl (C=O) groups excluding carboxylic acids is 2. The van der Waals surface area contributed by atoms with E-state index in [1.807, 2.05) is 50.2 Å². The Morgan fingerprint density at radius 3 is 2.45 bits per heavy atom. The Kier molecular flexibility index (Phi) is 9.12. The van der Waals surface area contributed by atoms with Crippen LogP contribution in [0.2, 0.25) is 0 Å². The van der Waals surface area contributed by atoms with Gasteiger partial charge >= 0.3 is 5.97 Å². The van der Waals surface area contributed by atoms with Crippen molar-refractivity contribution in [2.24, 2.45) is 0 Å². The van der Waals surface area contributed by atoms with Gasteiger partial charge in [-0.2, -0.15) is 5.26 Å². The molecule has 2 aromatic carbocycles. The highest BCUT2D eigenvalue weighted by Gasteiger charge is 2.15. The van der Waals surface area contributed by atoms with Crippen LogP contribution in [-0.2, 0) is 14.3 Å². The first-order chi connectivity index (χ1) is 15.0. The van der Waals surface area contributed by atoms with Gasteiger partial charge in [0, 0.05) is 0 Å². The fraction of sp³-hybridized carbons (Fsp3) is 0.292. The number of hydrogen-bond donors (Lipinski definition) is 1. The van der Waals surface area contributed by atoms with E-state index in [2.05, 4.69) is 5.32 Å². The third-order valence-electron chi connectivity index (χ3n) is 4.24. The van der Waals surface area contributed by atoms with Crippen molar-refractivity contribution in [1.29, 1.82) is 5.26 Å². The van der Waals surface area contributed by atoms with Crippen molar-refractivity contribution >= 4 is 18.0 Å². The van der Waals surface area contributed by atoms with E-state index >= 15 is 0 Å². The summed E-state index contributed by atoms with van der Waals surface area (Å²) in [5, 5.41) is 12.3. The number of esters is 1. The second-order valence-electron chi connectivity index (χ2n) is 6.51. The van der Waals surface area contributed by atoms with Crippen molar-refractivity contribution in [1.82, 2.24) is 5.32 Å². The molecule has 0 aliphatic rings. The van der Waals surface area contributed by atoms with Crippen molar-refractivity contribution in [3.05, 3.63) is 65.2 Å². The molecule has 31 heavy (non-hydrogen) atoms. The topological polar surface area (TPSA) is 97.7 Å². The number of amides is 1. The molecule has 162 valence electrons. The molecule has 0 saturated carbocycles. The molecule has 0 heterocycles. The molecule has 0 aromatic heterocycles. The van der Waals surface area contributed by atoms with Gasteiger partial charge in [-0.3, -0.25) is 4.79 Å². The standard InChI is InChI=1S/C24H26N2O5/c1-4-29-22-14-18(11-12-21(22)31-16-23(27)30-5-2)13-20(15-25)24(28)26-17(3)19-9-7-6-8-10-19/h6-14,17H,4-5,16H2,1-3H3,(H,26,28). The van der Waals surface area contributed by atoms with E-state index in [-0.39, 0.29) is 24.8 Å². The Labute approximate surface area is 182 Å². The molecule has 0 spiro atoms. The third-order valence-corrected chi connectivity index (χ3v) is 4.24. The highest BCUT2D eigenvalue weighted by molar-refractivity contribution is 6.01. The van der Waals surface area contributed by atoms with Gasteiger partial charge < -0.3 is 19.5 Å². The third kappa shape index (κ3) is 7.19. The molecule has 1 unspecified atom stereocenters. The number of carbonyl (C=O) groups is 2. The molecule has 0 fully saturated rings. The average Bonchev–Trinajstić information content (AvgIpc) is 2.77. The summed E-state index contributed by atoms with van der Waals surface area (Å²) < 4.78 is 15.9. The summed E-state index contributed by atoms with van der Waals surface area (Å²) >= 11 is 0. The van der Waals surface area contributed by atoms with Gasteiger partial charge in [0.2, 0.25) is 0 Å². The van der Waals surface area contributed by atoms with Crippen molar-refractivity contribution < 1.29 is 23.8 Å². The monoisotopic (exact) mass is 422 g/mol. The van der Waals surface area contributed by atoms with Crippen molar-refractivity contribution in [3.63, 3.8) is 0 Å². The van der Waals surface area contributed by atoms with E-state index in [4.69, 9.17) is 14.2 Å². The molecular formula is C24H26N2O5. The van der Waals surface area contributed by atoms with Crippen LogP contribution in [0.3, 0.4) is 0 Å². The number of benzene rings is 2. The summed E-state index contributed by atoms with van der Waals surface area (Å²) in [6.07, 6.45) is 1.48. The van der Waals surface area contributed by atoms with Crippen LogP contribution < -0.4 is 14.8 Å². The molecule has 7 heteroatoms. The predicted molar refractivity (Wildman–Crippen MR) is 116 cm³/mol. The normalized spacial score (nSPS) is 11.7. The molecule has 2 aromatic rings. The van der Waals surface area contributed by atoms with Crippen LogP contribution in [-0.4, -0.2) is 31.7 Å². The highest BCUT2D eigenvalue weighted by atomic mass is 16.6. The molecule has 7 nitrogen and oxygen atoms in total. The largest absolute Gasteiger partial charge is 0.490 e. The van der Waals surface area contributed by atoms with Crippen molar-refractivity contribution in [3.8, 4) is 17.6 Å². The Balaban J connectivity index is 2.17. The molecule has 1 N–H and O–H groups in total. The molecule has 0 radical (unpaired) electrons. The number of nitrogens with one attached hydrogen (secondary N) is 1. The summed E-state index contributed by atoms with van der Waals surface area (Å²) in [7, 11) is 0. The van der Waals surface area contributed by atoms with Gasteiger partial charge in [0.1, 0.15) is 11.6 Å². The van der Waals surface area contributed by atoms with Crippen LogP contribution in [0, 0.1) is 11.3 Å². The maximum Gasteiger partial charge on any atom is 0.344 e. The second-order valence-corrected chi connectivity index (χ2v) is 6.51. The van der Waals surface area contributed by atoms with Crippen LogP contribution in [0.5, 0.6) is 11.5 Å². The molecule has 2 rings (SSSR count). The Morgan fingerprint density at radius 2 is 1.81 bits per heavy atom. The summed E-state index contributed by atoms with van der Waals surface area (Å²) in [5.41, 5.74) is 1.49. The SMILES string of the molecule is CCOC(=O)COc1ccc(C=C(C#N)C(=O)NC(C)c2ccccc2)cc1OCC. The van der Waals surface area contributed by atoms with Crippen LogP contribution in [0.1, 0.15) is 37.9 Å². The first kappa shape index (κ1) is 23.5. The minimum Gasteiger partial charge on any atom is -0.490 e. The van der Waals surface area contributed by atoms with E-state index in [0.717, 1.165) is 5.56 Å². The zero-order chi connectivity index (χ0) is 22.6. The first-order valence-corrected chi connectivity index (χ1v) is 10.0. The molecule has 0 saturated heterocycles. The summed E-state index contributed by atoms with van der Waals surface area (Å²) in [4.78, 5) is 24.1. The van der Waals surface area contributed by atoms with Crippen LogP contribution in [0.4, 0.5) is 0 Å². The molecule has 0 bridgehead atoms. The first-order valence-electron chi connectivity index (χ1n) is 10.0. The lowest BCUT2D eigenvalue weighted by molar-refractivity contribution is -0.145. The lowest BCUT2D eigenvalue weighted by Gasteiger charge is -2.14. The average molecular weight is 422 g/mol. The maximum atomic E-state index is 12.6. The van der Waals surface area contributed by atoms with Crippen LogP contribution >= 0.6 is 0 Å². The predicted octanol–water partition coefficient (Wildman–Crippen LogP) is 3.81. The van der Waals surface area contributed by atoms with E-state index < -0.39 is 11.9 Å². The maximum absolute atomic E-state index is 12.6. The quantitative estimate of drug-likeness (QED) is 0.355. The van der Waals surface area contributed by atoms with Gasteiger partial charge in [0.05, 0.1) is 19.3 Å². The Hall–Kier alpha value is -3.79. The summed E-state index contributed by atoms with van der Waals surface area (Å²) in [6, 6.07) is 16.1. The molecule has 1 amide bonds. The van der Waals surface area contributed by atoms with Crippen molar-refractivity contribution in [2.45, 2.75) is 26.8 Å². The minimum absolute atomic E-state index is 0.0366. The minimum atomic E-state index is -0.482. The van der Waals surface area contributed by atoms with Gasteiger partial charge in [-0.1, -0.05) is 36.4 Å². The number of nitriles is 1. The van der Waals surface area contributed by atoms with E-state index in [1.54, 1.807) is 25.1 Å². The van der Waals surface area contributed by atoms with Gasteiger partial charge in [-0.05, 0) is 50.1 Å². The zero-order valence-corrected chi connectivity index (χ0v) is 17.9. The van der Waals surface area contributed by atoms with E-state index in [0.29, 0.717) is 23.7 Å². The van der Waals surface area contributed by atoms with Gasteiger partial charge in [0.15, 0.2) is 18.1 Å². The fourth-order valence-corrected chi connectivity index (χ4v) is 2.76. The number of ether oxygens (including phenoxy) is 3. The smallest absolute Gasteiger partial charge is 0.344 e.